The molecule has 2 unspecified atom stereocenters. The second-order valence-corrected chi connectivity index (χ2v) is 7.45. The lowest BCUT2D eigenvalue weighted by molar-refractivity contribution is -0.153. The molecule has 0 aliphatic carbocycles. The molecule has 0 aliphatic heterocycles. The molecule has 0 fully saturated rings. The summed E-state index contributed by atoms with van der Waals surface area (Å²) < 4.78 is 16.1. The standard InChI is InChI=1S/C24H30O7/c1-16(25)30-21(11-6-18-4-9-20(27)10-5-18)15-22(31-17(2)26)12-7-19-8-13-23(28)24(14-19)29-3/h4-5,8-10,13-14,21-22,27-28H,6-7,11-12,15H2,1-3H3. The van der Waals surface area contributed by atoms with Gasteiger partial charge in [0.1, 0.15) is 18.0 Å². The van der Waals surface area contributed by atoms with Gasteiger partial charge in [0.15, 0.2) is 11.5 Å². The number of aryl methyl sites for hydroxylation is 2. The van der Waals surface area contributed by atoms with Crippen LogP contribution < -0.4 is 4.74 Å². The number of aromatic hydroxyl groups is 2. The maximum Gasteiger partial charge on any atom is 0.302 e. The maximum atomic E-state index is 11.6. The number of benzene rings is 2. The minimum atomic E-state index is -0.429. The fourth-order valence-electron chi connectivity index (χ4n) is 3.41. The molecule has 0 bridgehead atoms. The predicted molar refractivity (Wildman–Crippen MR) is 115 cm³/mol. The monoisotopic (exact) mass is 430 g/mol. The van der Waals surface area contributed by atoms with Crippen molar-refractivity contribution in [2.45, 2.75) is 58.2 Å². The van der Waals surface area contributed by atoms with Crippen LogP contribution in [0.15, 0.2) is 42.5 Å². The van der Waals surface area contributed by atoms with E-state index in [0.29, 0.717) is 37.9 Å². The molecule has 0 aromatic heterocycles. The highest BCUT2D eigenvalue weighted by Crippen LogP contribution is 2.27. The number of esters is 2. The molecule has 7 nitrogen and oxygen atoms in total. The van der Waals surface area contributed by atoms with E-state index in [4.69, 9.17) is 14.2 Å². The predicted octanol–water partition coefficient (Wildman–Crippen LogP) is 3.93. The quantitative estimate of drug-likeness (QED) is 0.521. The van der Waals surface area contributed by atoms with Crippen molar-refractivity contribution in [1.82, 2.24) is 0 Å². The number of carbonyl (C=O) groups excluding carboxylic acids is 2. The molecule has 31 heavy (non-hydrogen) atoms. The van der Waals surface area contributed by atoms with Gasteiger partial charge >= 0.3 is 11.9 Å². The number of rotatable bonds is 11. The first-order chi connectivity index (χ1) is 14.8. The molecule has 2 aromatic carbocycles. The molecule has 2 N–H and O–H groups in total. The van der Waals surface area contributed by atoms with Crippen molar-refractivity contribution in [1.29, 1.82) is 0 Å². The molecule has 2 aromatic rings. The summed E-state index contributed by atoms with van der Waals surface area (Å²) >= 11 is 0. The molecule has 2 rings (SSSR count). The van der Waals surface area contributed by atoms with Crippen LogP contribution in [-0.4, -0.2) is 41.5 Å². The molecule has 0 amide bonds. The van der Waals surface area contributed by atoms with E-state index in [1.165, 1.54) is 21.0 Å². The van der Waals surface area contributed by atoms with Crippen molar-refractivity contribution in [3.05, 3.63) is 53.6 Å². The number of phenols is 2. The second kappa shape index (κ2) is 11.8. The van der Waals surface area contributed by atoms with Crippen LogP contribution in [0.4, 0.5) is 0 Å². The van der Waals surface area contributed by atoms with Crippen molar-refractivity contribution in [2.75, 3.05) is 7.11 Å². The van der Waals surface area contributed by atoms with Gasteiger partial charge in [0.05, 0.1) is 7.11 Å². The Balaban J connectivity index is 2.03. The first-order valence-corrected chi connectivity index (χ1v) is 10.2. The highest BCUT2D eigenvalue weighted by Gasteiger charge is 2.22. The van der Waals surface area contributed by atoms with Gasteiger partial charge in [-0.1, -0.05) is 18.2 Å². The Morgan fingerprint density at radius 2 is 1.35 bits per heavy atom. The molecular formula is C24H30O7. The Morgan fingerprint density at radius 1 is 0.839 bits per heavy atom. The highest BCUT2D eigenvalue weighted by molar-refractivity contribution is 5.66. The average molecular weight is 430 g/mol. The van der Waals surface area contributed by atoms with Gasteiger partial charge in [-0.3, -0.25) is 9.59 Å². The van der Waals surface area contributed by atoms with Crippen molar-refractivity contribution < 1.29 is 34.0 Å². The van der Waals surface area contributed by atoms with Crippen LogP contribution in [0.25, 0.3) is 0 Å². The first kappa shape index (κ1) is 24.1. The number of ether oxygens (including phenoxy) is 3. The van der Waals surface area contributed by atoms with E-state index in [0.717, 1.165) is 11.1 Å². The van der Waals surface area contributed by atoms with E-state index in [-0.39, 0.29) is 17.5 Å². The Bertz CT molecular complexity index is 861. The van der Waals surface area contributed by atoms with Crippen molar-refractivity contribution in [3.8, 4) is 17.2 Å². The van der Waals surface area contributed by atoms with E-state index in [1.54, 1.807) is 30.3 Å². The molecule has 0 aliphatic rings. The molecule has 7 heteroatoms. The minimum Gasteiger partial charge on any atom is -0.508 e. The summed E-state index contributed by atoms with van der Waals surface area (Å²) in [6, 6.07) is 12.0. The topological polar surface area (TPSA) is 102 Å². The zero-order valence-electron chi connectivity index (χ0n) is 18.2. The number of hydrogen-bond donors (Lipinski definition) is 2. The van der Waals surface area contributed by atoms with Crippen molar-refractivity contribution >= 4 is 11.9 Å². The van der Waals surface area contributed by atoms with E-state index < -0.39 is 18.2 Å². The van der Waals surface area contributed by atoms with Gasteiger partial charge in [-0.2, -0.15) is 0 Å². The third kappa shape index (κ3) is 8.58. The van der Waals surface area contributed by atoms with Gasteiger partial charge in [0.2, 0.25) is 0 Å². The first-order valence-electron chi connectivity index (χ1n) is 10.2. The Kier molecular flexibility index (Phi) is 9.18. The summed E-state index contributed by atoms with van der Waals surface area (Å²) in [5.74, 6) is -0.143. The molecule has 0 saturated heterocycles. The summed E-state index contributed by atoms with van der Waals surface area (Å²) in [5.41, 5.74) is 1.94. The smallest absolute Gasteiger partial charge is 0.302 e. The van der Waals surface area contributed by atoms with E-state index in [2.05, 4.69) is 0 Å². The normalized spacial score (nSPS) is 12.6. The van der Waals surface area contributed by atoms with Crippen LogP contribution in [0.2, 0.25) is 0 Å². The summed E-state index contributed by atoms with van der Waals surface area (Å²) in [6.07, 6.45) is 1.89. The largest absolute Gasteiger partial charge is 0.508 e. The van der Waals surface area contributed by atoms with Crippen molar-refractivity contribution in [3.63, 3.8) is 0 Å². The SMILES string of the molecule is COc1cc(CCC(CC(CCc2ccc(O)cc2)OC(C)=O)OC(C)=O)ccc1O. The summed E-state index contributed by atoms with van der Waals surface area (Å²) in [4.78, 5) is 23.2. The zero-order valence-corrected chi connectivity index (χ0v) is 18.2. The summed E-state index contributed by atoms with van der Waals surface area (Å²) in [5, 5.41) is 19.2. The summed E-state index contributed by atoms with van der Waals surface area (Å²) in [6.45, 7) is 2.71. The van der Waals surface area contributed by atoms with E-state index in [1.807, 2.05) is 12.1 Å². The number of methoxy groups -OCH3 is 1. The lowest BCUT2D eigenvalue weighted by atomic mass is 9.98. The minimum absolute atomic E-state index is 0.0620. The van der Waals surface area contributed by atoms with Crippen molar-refractivity contribution in [2.24, 2.45) is 0 Å². The average Bonchev–Trinajstić information content (AvgIpc) is 2.71. The molecule has 168 valence electrons. The molecule has 0 radical (unpaired) electrons. The summed E-state index contributed by atoms with van der Waals surface area (Å²) in [7, 11) is 1.48. The van der Waals surface area contributed by atoms with Gasteiger partial charge in [-0.05, 0) is 61.1 Å². The molecule has 0 spiro atoms. The van der Waals surface area contributed by atoms with Crippen LogP contribution >= 0.6 is 0 Å². The van der Waals surface area contributed by atoms with Crippen LogP contribution in [0.3, 0.4) is 0 Å². The highest BCUT2D eigenvalue weighted by atomic mass is 16.6. The number of phenolic OH excluding ortho intramolecular Hbond substituents is 2. The van der Waals surface area contributed by atoms with E-state index >= 15 is 0 Å². The Hall–Kier alpha value is -3.22. The third-order valence-corrected chi connectivity index (χ3v) is 4.88. The maximum absolute atomic E-state index is 11.6. The fourth-order valence-corrected chi connectivity index (χ4v) is 3.41. The van der Waals surface area contributed by atoms with Crippen LogP contribution in [0.5, 0.6) is 17.2 Å². The van der Waals surface area contributed by atoms with Gasteiger partial charge in [0.25, 0.3) is 0 Å². The third-order valence-electron chi connectivity index (χ3n) is 4.88. The molecule has 0 heterocycles. The van der Waals surface area contributed by atoms with Crippen LogP contribution in [-0.2, 0) is 31.9 Å². The van der Waals surface area contributed by atoms with Gasteiger partial charge < -0.3 is 24.4 Å². The molecule has 0 saturated carbocycles. The van der Waals surface area contributed by atoms with Gasteiger partial charge in [0, 0.05) is 20.3 Å². The lowest BCUT2D eigenvalue weighted by Crippen LogP contribution is -2.27. The van der Waals surface area contributed by atoms with Crippen LogP contribution in [0, 0.1) is 0 Å². The Labute approximate surface area is 182 Å². The Morgan fingerprint density at radius 3 is 1.87 bits per heavy atom. The second-order valence-electron chi connectivity index (χ2n) is 7.45. The lowest BCUT2D eigenvalue weighted by Gasteiger charge is -2.23. The fraction of sp³-hybridized carbons (Fsp3) is 0.417. The molecule has 2 atom stereocenters. The molecular weight excluding hydrogens is 400 g/mol. The van der Waals surface area contributed by atoms with Gasteiger partial charge in [-0.15, -0.1) is 0 Å². The number of hydrogen-bond acceptors (Lipinski definition) is 7. The van der Waals surface area contributed by atoms with Gasteiger partial charge in [-0.25, -0.2) is 0 Å². The van der Waals surface area contributed by atoms with Crippen LogP contribution in [0.1, 0.15) is 44.2 Å². The van der Waals surface area contributed by atoms with E-state index in [9.17, 15) is 19.8 Å². The zero-order chi connectivity index (χ0) is 22.8. The number of carbonyl (C=O) groups is 2.